The maximum atomic E-state index is 4.57. The highest BCUT2D eigenvalue weighted by Crippen LogP contribution is 2.23. The number of aryl methyl sites for hydroxylation is 1. The van der Waals surface area contributed by atoms with Crippen molar-refractivity contribution in [1.82, 2.24) is 15.1 Å². The normalized spacial score (nSPS) is 17.5. The summed E-state index contributed by atoms with van der Waals surface area (Å²) in [5, 5.41) is 12.7. The maximum Gasteiger partial charge on any atom is 0.151 e. The number of benzene rings is 1. The van der Waals surface area contributed by atoms with Crippen LogP contribution in [0.5, 0.6) is 0 Å². The summed E-state index contributed by atoms with van der Waals surface area (Å²) in [6, 6.07) is 13.2. The smallest absolute Gasteiger partial charge is 0.151 e. The molecule has 4 nitrogen and oxygen atoms in total. The van der Waals surface area contributed by atoms with Crippen LogP contribution in [0.25, 0.3) is 11.3 Å². The third-order valence-electron chi connectivity index (χ3n) is 5.40. The van der Waals surface area contributed by atoms with E-state index in [0.29, 0.717) is 6.04 Å². The second kappa shape index (κ2) is 9.67. The number of nitrogens with one attached hydrogen (secondary N) is 1. The number of hydrogen-bond acceptors (Lipinski definition) is 4. The van der Waals surface area contributed by atoms with Crippen molar-refractivity contribution in [3.63, 3.8) is 0 Å². The lowest BCUT2D eigenvalue weighted by molar-refractivity contribution is 0.277. The molecular formula is C22H32N4. The number of nitrogens with zero attached hydrogens (tertiary/aromatic N) is 3. The zero-order chi connectivity index (χ0) is 18.2. The molecule has 1 atom stereocenters. The van der Waals surface area contributed by atoms with Gasteiger partial charge in [0.05, 0.1) is 5.69 Å². The first-order valence-electron chi connectivity index (χ1n) is 10.2. The average Bonchev–Trinajstić information content (AvgIpc) is 3.15. The molecule has 1 fully saturated rings. The fourth-order valence-electron chi connectivity index (χ4n) is 3.84. The van der Waals surface area contributed by atoms with Crippen molar-refractivity contribution in [3.05, 3.63) is 42.0 Å². The average molecular weight is 353 g/mol. The number of rotatable bonds is 9. The molecule has 1 N–H and O–H groups in total. The van der Waals surface area contributed by atoms with Gasteiger partial charge in [-0.1, -0.05) is 57.0 Å². The van der Waals surface area contributed by atoms with Gasteiger partial charge in [-0.2, -0.15) is 0 Å². The lowest BCUT2D eigenvalue weighted by atomic mass is 10.0. The van der Waals surface area contributed by atoms with Gasteiger partial charge in [0.25, 0.3) is 0 Å². The van der Waals surface area contributed by atoms with E-state index in [4.69, 9.17) is 0 Å². The first kappa shape index (κ1) is 18.8. The van der Waals surface area contributed by atoms with Gasteiger partial charge in [0.1, 0.15) is 0 Å². The monoisotopic (exact) mass is 352 g/mol. The summed E-state index contributed by atoms with van der Waals surface area (Å²) in [4.78, 5) is 2.57. The van der Waals surface area contributed by atoms with E-state index < -0.39 is 0 Å². The van der Waals surface area contributed by atoms with Crippen molar-refractivity contribution in [2.24, 2.45) is 0 Å². The summed E-state index contributed by atoms with van der Waals surface area (Å²) < 4.78 is 0. The Bertz CT molecular complexity index is 671. The van der Waals surface area contributed by atoms with Crippen LogP contribution < -0.4 is 5.32 Å². The van der Waals surface area contributed by atoms with Crippen LogP contribution in [0.4, 0.5) is 5.82 Å². The fraction of sp³-hybridized carbons (Fsp3) is 0.545. The molecule has 26 heavy (non-hydrogen) atoms. The topological polar surface area (TPSA) is 41.1 Å². The van der Waals surface area contributed by atoms with Gasteiger partial charge >= 0.3 is 0 Å². The molecule has 1 saturated heterocycles. The van der Waals surface area contributed by atoms with E-state index in [1.165, 1.54) is 44.2 Å². The van der Waals surface area contributed by atoms with Crippen LogP contribution in [-0.4, -0.2) is 40.8 Å². The van der Waals surface area contributed by atoms with Crippen LogP contribution >= 0.6 is 0 Å². The molecular weight excluding hydrogens is 320 g/mol. The SMILES string of the molecule is CCCCCc1cc(-c2ccccc2)nnc1NCC1CCCN1CC. The second-order valence-corrected chi connectivity index (χ2v) is 7.23. The molecule has 0 spiro atoms. The highest BCUT2D eigenvalue weighted by molar-refractivity contribution is 5.61. The summed E-state index contributed by atoms with van der Waals surface area (Å²) >= 11 is 0. The molecule has 140 valence electrons. The molecule has 2 heterocycles. The van der Waals surface area contributed by atoms with Crippen LogP contribution in [0.1, 0.15) is 51.5 Å². The third-order valence-corrected chi connectivity index (χ3v) is 5.40. The van der Waals surface area contributed by atoms with E-state index in [0.717, 1.165) is 36.6 Å². The Balaban J connectivity index is 1.74. The molecule has 4 heteroatoms. The Labute approximate surface area is 158 Å². The Morgan fingerprint density at radius 3 is 2.73 bits per heavy atom. The van der Waals surface area contributed by atoms with Crippen molar-refractivity contribution in [1.29, 1.82) is 0 Å². The van der Waals surface area contributed by atoms with Crippen LogP contribution in [0.3, 0.4) is 0 Å². The largest absolute Gasteiger partial charge is 0.367 e. The number of likely N-dealkylation sites (tertiary alicyclic amines) is 1. The molecule has 1 aromatic heterocycles. The summed E-state index contributed by atoms with van der Waals surface area (Å²) in [6.45, 7) is 7.83. The molecule has 1 aliphatic rings. The van der Waals surface area contributed by atoms with Crippen LogP contribution in [0.15, 0.2) is 36.4 Å². The van der Waals surface area contributed by atoms with Gasteiger partial charge in [-0.3, -0.25) is 4.90 Å². The molecule has 2 aromatic rings. The standard InChI is InChI=1S/C22H32N4/c1-3-5-7-13-19-16-21(18-11-8-6-9-12-18)24-25-22(19)23-17-20-14-10-15-26(20)4-2/h6,8-9,11-12,16,20H,3-5,7,10,13-15,17H2,1-2H3,(H,23,25). The molecule has 0 amide bonds. The van der Waals surface area contributed by atoms with E-state index in [1.807, 2.05) is 6.07 Å². The number of likely N-dealkylation sites (N-methyl/N-ethyl adjacent to an activating group) is 1. The summed E-state index contributed by atoms with van der Waals surface area (Å²) in [7, 11) is 0. The zero-order valence-corrected chi connectivity index (χ0v) is 16.2. The lowest BCUT2D eigenvalue weighted by Crippen LogP contribution is -2.35. The first-order chi connectivity index (χ1) is 12.8. The van der Waals surface area contributed by atoms with Gasteiger partial charge in [0, 0.05) is 18.2 Å². The van der Waals surface area contributed by atoms with Crippen molar-refractivity contribution in [3.8, 4) is 11.3 Å². The molecule has 3 rings (SSSR count). The highest BCUT2D eigenvalue weighted by atomic mass is 15.2. The lowest BCUT2D eigenvalue weighted by Gasteiger charge is -2.23. The van der Waals surface area contributed by atoms with E-state index in [2.05, 4.69) is 64.6 Å². The molecule has 0 saturated carbocycles. The quantitative estimate of drug-likeness (QED) is 0.660. The van der Waals surface area contributed by atoms with E-state index in [-0.39, 0.29) is 0 Å². The van der Waals surface area contributed by atoms with Gasteiger partial charge in [-0.25, -0.2) is 0 Å². The van der Waals surface area contributed by atoms with Gasteiger partial charge in [0.2, 0.25) is 0 Å². The molecule has 0 aliphatic carbocycles. The summed E-state index contributed by atoms with van der Waals surface area (Å²) in [6.07, 6.45) is 7.35. The minimum Gasteiger partial charge on any atom is -0.367 e. The third kappa shape index (κ3) is 4.82. The number of anilines is 1. The molecule has 0 bridgehead atoms. The van der Waals surface area contributed by atoms with E-state index >= 15 is 0 Å². The Hall–Kier alpha value is -1.94. The van der Waals surface area contributed by atoms with Crippen molar-refractivity contribution in [2.45, 2.75) is 58.4 Å². The Morgan fingerprint density at radius 1 is 1.12 bits per heavy atom. The molecule has 1 unspecified atom stereocenters. The van der Waals surface area contributed by atoms with Gasteiger partial charge in [-0.05, 0) is 50.4 Å². The predicted molar refractivity (Wildman–Crippen MR) is 109 cm³/mol. The summed E-state index contributed by atoms with van der Waals surface area (Å²) in [5.41, 5.74) is 3.41. The molecule has 1 aromatic carbocycles. The number of unbranched alkanes of at least 4 members (excludes halogenated alkanes) is 2. The van der Waals surface area contributed by atoms with Gasteiger partial charge in [0.15, 0.2) is 5.82 Å². The molecule has 1 aliphatic heterocycles. The van der Waals surface area contributed by atoms with Crippen LogP contribution in [0, 0.1) is 0 Å². The number of hydrogen-bond donors (Lipinski definition) is 1. The van der Waals surface area contributed by atoms with E-state index in [1.54, 1.807) is 0 Å². The Kier molecular flexibility index (Phi) is 7.01. The Morgan fingerprint density at radius 2 is 1.96 bits per heavy atom. The van der Waals surface area contributed by atoms with Gasteiger partial charge < -0.3 is 5.32 Å². The fourth-order valence-corrected chi connectivity index (χ4v) is 3.84. The first-order valence-corrected chi connectivity index (χ1v) is 10.2. The minimum atomic E-state index is 0.624. The molecule has 0 radical (unpaired) electrons. The number of aromatic nitrogens is 2. The maximum absolute atomic E-state index is 4.57. The predicted octanol–water partition coefficient (Wildman–Crippen LogP) is 4.77. The minimum absolute atomic E-state index is 0.624. The van der Waals surface area contributed by atoms with Gasteiger partial charge in [-0.15, -0.1) is 10.2 Å². The van der Waals surface area contributed by atoms with Crippen molar-refractivity contribution < 1.29 is 0 Å². The van der Waals surface area contributed by atoms with Crippen LogP contribution in [0.2, 0.25) is 0 Å². The summed E-state index contributed by atoms with van der Waals surface area (Å²) in [5.74, 6) is 0.976. The van der Waals surface area contributed by atoms with Crippen LogP contribution in [-0.2, 0) is 6.42 Å². The van der Waals surface area contributed by atoms with Crippen molar-refractivity contribution >= 4 is 5.82 Å². The van der Waals surface area contributed by atoms with Crippen molar-refractivity contribution in [2.75, 3.05) is 25.0 Å². The van der Waals surface area contributed by atoms with E-state index in [9.17, 15) is 0 Å². The second-order valence-electron chi connectivity index (χ2n) is 7.23. The highest BCUT2D eigenvalue weighted by Gasteiger charge is 2.23. The zero-order valence-electron chi connectivity index (χ0n) is 16.2.